The fourth-order valence-electron chi connectivity index (χ4n) is 2.62. The minimum Gasteiger partial charge on any atom is -0.383 e. The number of hydrogen-bond acceptors (Lipinski definition) is 3. The van der Waals surface area contributed by atoms with Gasteiger partial charge in [0.2, 0.25) is 0 Å². The van der Waals surface area contributed by atoms with Gasteiger partial charge < -0.3 is 15.0 Å². The van der Waals surface area contributed by atoms with E-state index >= 15 is 0 Å². The van der Waals surface area contributed by atoms with Crippen LogP contribution in [-0.4, -0.2) is 50.2 Å². The summed E-state index contributed by atoms with van der Waals surface area (Å²) in [5.41, 5.74) is 0.944. The van der Waals surface area contributed by atoms with Crippen LogP contribution in [0.3, 0.4) is 0 Å². The van der Waals surface area contributed by atoms with Gasteiger partial charge in [-0.1, -0.05) is 6.07 Å². The Morgan fingerprint density at radius 2 is 2.33 bits per heavy atom. The molecule has 1 aromatic carbocycles. The van der Waals surface area contributed by atoms with Gasteiger partial charge in [0.15, 0.2) is 0 Å². The molecule has 2 rings (SSSR count). The number of aryl methyl sites for hydroxylation is 1. The Balaban J connectivity index is 2.11. The van der Waals surface area contributed by atoms with E-state index in [0.29, 0.717) is 25.7 Å². The van der Waals surface area contributed by atoms with Gasteiger partial charge in [-0.15, -0.1) is 0 Å². The second kappa shape index (κ2) is 7.52. The van der Waals surface area contributed by atoms with Crippen molar-refractivity contribution < 1.29 is 13.9 Å². The average molecular weight is 294 g/mol. The number of nitrogens with zero attached hydrogens (tertiary/aromatic N) is 1. The number of carbonyl (C=O) groups excluding carboxylic acids is 1. The highest BCUT2D eigenvalue weighted by atomic mass is 19.1. The van der Waals surface area contributed by atoms with Crippen LogP contribution in [0.4, 0.5) is 4.39 Å². The molecule has 0 spiro atoms. The summed E-state index contributed by atoms with van der Waals surface area (Å²) >= 11 is 0. The van der Waals surface area contributed by atoms with E-state index in [0.717, 1.165) is 24.9 Å². The van der Waals surface area contributed by atoms with Crippen molar-refractivity contribution in [3.63, 3.8) is 0 Å². The first-order chi connectivity index (χ1) is 10.1. The number of methoxy groups -OCH3 is 1. The second-order valence-corrected chi connectivity index (χ2v) is 5.52. The molecule has 116 valence electrons. The maximum absolute atomic E-state index is 14.0. The molecule has 0 radical (unpaired) electrons. The lowest BCUT2D eigenvalue weighted by molar-refractivity contribution is 0.0674. The van der Waals surface area contributed by atoms with Gasteiger partial charge in [-0.05, 0) is 44.0 Å². The Labute approximate surface area is 125 Å². The molecular formula is C16H23FN2O2. The number of benzene rings is 1. The second-order valence-electron chi connectivity index (χ2n) is 5.52. The van der Waals surface area contributed by atoms with Gasteiger partial charge in [0.1, 0.15) is 5.82 Å². The molecule has 1 amide bonds. The lowest BCUT2D eigenvalue weighted by Gasteiger charge is -2.26. The maximum atomic E-state index is 14.0. The molecule has 0 aromatic heterocycles. The molecule has 0 saturated carbocycles. The van der Waals surface area contributed by atoms with Crippen molar-refractivity contribution in [1.29, 1.82) is 0 Å². The maximum Gasteiger partial charge on any atom is 0.256 e. The number of halogens is 1. The van der Waals surface area contributed by atoms with Crippen molar-refractivity contribution in [3.05, 3.63) is 35.1 Å². The van der Waals surface area contributed by atoms with E-state index in [1.807, 2.05) is 6.92 Å². The van der Waals surface area contributed by atoms with Gasteiger partial charge in [0, 0.05) is 26.2 Å². The third-order valence-corrected chi connectivity index (χ3v) is 3.81. The molecule has 1 N–H and O–H groups in total. The number of amides is 1. The molecule has 1 saturated heterocycles. The van der Waals surface area contributed by atoms with Crippen molar-refractivity contribution in [1.82, 2.24) is 10.2 Å². The van der Waals surface area contributed by atoms with Crippen molar-refractivity contribution in [2.45, 2.75) is 25.8 Å². The van der Waals surface area contributed by atoms with E-state index in [2.05, 4.69) is 5.32 Å². The number of carbonyl (C=O) groups is 1. The van der Waals surface area contributed by atoms with Crippen molar-refractivity contribution >= 4 is 5.91 Å². The summed E-state index contributed by atoms with van der Waals surface area (Å²) in [6.07, 6.45) is 2.17. The predicted molar refractivity (Wildman–Crippen MR) is 79.9 cm³/mol. The van der Waals surface area contributed by atoms with Crippen LogP contribution in [0.15, 0.2) is 18.2 Å². The summed E-state index contributed by atoms with van der Waals surface area (Å²) in [5, 5.41) is 3.37. The predicted octanol–water partition coefficient (Wildman–Crippen LogP) is 1.97. The highest BCUT2D eigenvalue weighted by Crippen LogP contribution is 2.14. The van der Waals surface area contributed by atoms with Crippen LogP contribution in [0.2, 0.25) is 0 Å². The lowest BCUT2D eigenvalue weighted by Crippen LogP contribution is -2.43. The summed E-state index contributed by atoms with van der Waals surface area (Å²) in [6.45, 7) is 4.31. The summed E-state index contributed by atoms with van der Waals surface area (Å²) in [6, 6.07) is 5.02. The first kappa shape index (κ1) is 15.9. The van der Waals surface area contributed by atoms with Crippen LogP contribution in [0, 0.1) is 12.7 Å². The van der Waals surface area contributed by atoms with E-state index in [1.54, 1.807) is 24.1 Å². The van der Waals surface area contributed by atoms with Crippen LogP contribution in [0.25, 0.3) is 0 Å². The topological polar surface area (TPSA) is 41.6 Å². The monoisotopic (exact) mass is 294 g/mol. The molecule has 4 nitrogen and oxygen atoms in total. The quantitative estimate of drug-likeness (QED) is 0.872. The Kier molecular flexibility index (Phi) is 5.70. The third-order valence-electron chi connectivity index (χ3n) is 3.81. The van der Waals surface area contributed by atoms with Crippen LogP contribution in [0.5, 0.6) is 0 Å². The van der Waals surface area contributed by atoms with Crippen LogP contribution < -0.4 is 5.32 Å². The molecule has 1 fully saturated rings. The highest BCUT2D eigenvalue weighted by molar-refractivity contribution is 5.94. The summed E-state index contributed by atoms with van der Waals surface area (Å²) in [5.74, 6) is -0.722. The van der Waals surface area contributed by atoms with E-state index in [1.165, 1.54) is 6.07 Å². The van der Waals surface area contributed by atoms with E-state index in [9.17, 15) is 9.18 Å². The van der Waals surface area contributed by atoms with Gasteiger partial charge in [0.25, 0.3) is 5.91 Å². The molecule has 21 heavy (non-hydrogen) atoms. The molecule has 0 bridgehead atoms. The summed E-state index contributed by atoms with van der Waals surface area (Å²) in [4.78, 5) is 14.3. The molecule has 1 aliphatic heterocycles. The van der Waals surface area contributed by atoms with Crippen LogP contribution >= 0.6 is 0 Å². The SMILES string of the molecule is COCCN(CC1CCCN1)C(=O)c1ccc(C)cc1F. The molecule has 1 aromatic rings. The van der Waals surface area contributed by atoms with Crippen LogP contribution in [-0.2, 0) is 4.74 Å². The van der Waals surface area contributed by atoms with Crippen molar-refractivity contribution in [2.75, 3.05) is 33.4 Å². The zero-order valence-corrected chi connectivity index (χ0v) is 12.7. The first-order valence-corrected chi connectivity index (χ1v) is 7.39. The van der Waals surface area contributed by atoms with Gasteiger partial charge >= 0.3 is 0 Å². The fourth-order valence-corrected chi connectivity index (χ4v) is 2.62. The first-order valence-electron chi connectivity index (χ1n) is 7.39. The fraction of sp³-hybridized carbons (Fsp3) is 0.562. The molecular weight excluding hydrogens is 271 g/mol. The number of hydrogen-bond donors (Lipinski definition) is 1. The summed E-state index contributed by atoms with van der Waals surface area (Å²) in [7, 11) is 1.60. The number of rotatable bonds is 6. The number of ether oxygens (including phenoxy) is 1. The van der Waals surface area contributed by atoms with Gasteiger partial charge in [-0.25, -0.2) is 4.39 Å². The van der Waals surface area contributed by atoms with Gasteiger partial charge in [0.05, 0.1) is 12.2 Å². The van der Waals surface area contributed by atoms with Gasteiger partial charge in [-0.2, -0.15) is 0 Å². The smallest absolute Gasteiger partial charge is 0.256 e. The standard InChI is InChI=1S/C16H23FN2O2/c1-12-5-6-14(15(17)10-12)16(20)19(8-9-21-2)11-13-4-3-7-18-13/h5-6,10,13,18H,3-4,7-9,11H2,1-2H3. The zero-order chi connectivity index (χ0) is 15.2. The third kappa shape index (κ3) is 4.25. The molecule has 5 heteroatoms. The minimum atomic E-state index is -0.457. The molecule has 1 atom stereocenters. The average Bonchev–Trinajstić information content (AvgIpc) is 2.95. The van der Waals surface area contributed by atoms with E-state index < -0.39 is 5.82 Å². The Hall–Kier alpha value is -1.46. The molecule has 1 heterocycles. The number of nitrogens with one attached hydrogen (secondary N) is 1. The minimum absolute atomic E-state index is 0.134. The Morgan fingerprint density at radius 3 is 2.95 bits per heavy atom. The van der Waals surface area contributed by atoms with Crippen LogP contribution in [0.1, 0.15) is 28.8 Å². The van der Waals surface area contributed by atoms with Crippen molar-refractivity contribution in [3.8, 4) is 0 Å². The lowest BCUT2D eigenvalue weighted by atomic mass is 10.1. The summed E-state index contributed by atoms with van der Waals surface area (Å²) < 4.78 is 19.1. The highest BCUT2D eigenvalue weighted by Gasteiger charge is 2.24. The van der Waals surface area contributed by atoms with E-state index in [-0.39, 0.29) is 11.5 Å². The molecule has 0 aliphatic carbocycles. The molecule has 1 aliphatic rings. The normalized spacial score (nSPS) is 18.0. The molecule has 1 unspecified atom stereocenters. The van der Waals surface area contributed by atoms with Crippen molar-refractivity contribution in [2.24, 2.45) is 0 Å². The van der Waals surface area contributed by atoms with E-state index in [4.69, 9.17) is 4.74 Å². The Bertz CT molecular complexity index is 487. The van der Waals surface area contributed by atoms with Gasteiger partial charge in [-0.3, -0.25) is 4.79 Å². The zero-order valence-electron chi connectivity index (χ0n) is 12.7. The largest absolute Gasteiger partial charge is 0.383 e. The Morgan fingerprint density at radius 1 is 1.52 bits per heavy atom.